The number of aliphatic carboxylic acids is 1. The molecule has 114 valence electrons. The highest BCUT2D eigenvalue weighted by Gasteiger charge is 2.79. The second-order valence-electron chi connectivity index (χ2n) is 7.09. The molecule has 0 radical (unpaired) electrons. The van der Waals surface area contributed by atoms with Gasteiger partial charge >= 0.3 is 11.9 Å². The highest BCUT2D eigenvalue weighted by atomic mass is 16.5. The molecule has 0 aromatic carbocycles. The van der Waals surface area contributed by atoms with E-state index in [-0.39, 0.29) is 16.7 Å². The molecule has 1 fully saturated rings. The van der Waals surface area contributed by atoms with Crippen molar-refractivity contribution in [3.05, 3.63) is 12.2 Å². The number of hydrogen-bond donors (Lipinski definition) is 1. The number of rotatable bonds is 5. The molecule has 1 aliphatic carbocycles. The van der Waals surface area contributed by atoms with E-state index < -0.39 is 17.4 Å². The summed E-state index contributed by atoms with van der Waals surface area (Å²) < 4.78 is 4.98. The minimum absolute atomic E-state index is 0.165. The number of ether oxygens (including phenoxy) is 1. The van der Waals surface area contributed by atoms with Crippen LogP contribution in [-0.4, -0.2) is 23.7 Å². The Hall–Kier alpha value is -1.32. The van der Waals surface area contributed by atoms with Crippen molar-refractivity contribution in [1.29, 1.82) is 0 Å². The molecule has 1 rings (SSSR count). The van der Waals surface area contributed by atoms with Gasteiger partial charge < -0.3 is 9.84 Å². The van der Waals surface area contributed by atoms with Crippen LogP contribution in [0, 0.1) is 22.2 Å². The Bertz CT molecular complexity index is 428. The number of carbonyl (C=O) groups is 2. The van der Waals surface area contributed by atoms with Crippen LogP contribution in [0.4, 0.5) is 0 Å². The summed E-state index contributed by atoms with van der Waals surface area (Å²) >= 11 is 0. The third kappa shape index (κ3) is 2.36. The monoisotopic (exact) mass is 282 g/mol. The molecule has 1 N–H and O–H groups in total. The van der Waals surface area contributed by atoms with Crippen LogP contribution < -0.4 is 0 Å². The van der Waals surface area contributed by atoms with Gasteiger partial charge in [0.2, 0.25) is 0 Å². The normalized spacial score (nSPS) is 28.4. The molecule has 0 aromatic rings. The van der Waals surface area contributed by atoms with Crippen molar-refractivity contribution in [2.24, 2.45) is 22.2 Å². The van der Waals surface area contributed by atoms with Gasteiger partial charge in [-0.2, -0.15) is 0 Å². The van der Waals surface area contributed by atoms with Crippen LogP contribution in [0.5, 0.6) is 0 Å². The Morgan fingerprint density at radius 3 is 2.20 bits per heavy atom. The summed E-state index contributed by atoms with van der Waals surface area (Å²) in [5.41, 5.74) is -1.61. The quantitative estimate of drug-likeness (QED) is 0.621. The molecule has 0 amide bonds. The molecule has 4 nitrogen and oxygen atoms in total. The molecule has 0 heterocycles. The van der Waals surface area contributed by atoms with E-state index in [0.29, 0.717) is 6.61 Å². The van der Waals surface area contributed by atoms with Crippen molar-refractivity contribution in [2.75, 3.05) is 6.61 Å². The van der Waals surface area contributed by atoms with Crippen LogP contribution >= 0.6 is 0 Å². The first-order valence-corrected chi connectivity index (χ1v) is 7.11. The molecule has 2 atom stereocenters. The second-order valence-corrected chi connectivity index (χ2v) is 7.09. The van der Waals surface area contributed by atoms with Gasteiger partial charge in [-0.25, -0.2) is 4.79 Å². The van der Waals surface area contributed by atoms with Gasteiger partial charge in [-0.05, 0) is 17.3 Å². The fourth-order valence-corrected chi connectivity index (χ4v) is 3.78. The van der Waals surface area contributed by atoms with Crippen LogP contribution in [0.15, 0.2) is 12.2 Å². The molecule has 0 aromatic heterocycles. The molecular formula is C16H26O4. The SMILES string of the molecule is CCCOC(=O)/C=C\[C@H]1C(C)(C)[C@]1(C(=O)O)C(C)(C)C. The first-order valence-electron chi connectivity index (χ1n) is 7.11. The molecule has 1 saturated carbocycles. The van der Waals surface area contributed by atoms with Gasteiger partial charge in [-0.15, -0.1) is 0 Å². The Labute approximate surface area is 121 Å². The topological polar surface area (TPSA) is 63.6 Å². The summed E-state index contributed by atoms with van der Waals surface area (Å²) in [6.45, 7) is 12.0. The standard InChI is InChI=1S/C16H26O4/c1-7-10-20-12(17)9-8-11-15(5,6)16(11,13(18)19)14(2,3)4/h8-9,11H,7,10H2,1-6H3,(H,18,19)/b9-8-/t11-,16+/m0/s1. The predicted molar refractivity (Wildman–Crippen MR) is 77.2 cm³/mol. The van der Waals surface area contributed by atoms with Crippen LogP contribution in [0.25, 0.3) is 0 Å². The summed E-state index contributed by atoms with van der Waals surface area (Å²) in [6.07, 6.45) is 3.85. The maximum Gasteiger partial charge on any atom is 0.330 e. The second kappa shape index (κ2) is 5.23. The lowest BCUT2D eigenvalue weighted by Crippen LogP contribution is -2.35. The summed E-state index contributed by atoms with van der Waals surface area (Å²) in [7, 11) is 0. The largest absolute Gasteiger partial charge is 0.481 e. The van der Waals surface area contributed by atoms with E-state index in [1.165, 1.54) is 6.08 Å². The molecule has 4 heteroatoms. The maximum atomic E-state index is 11.8. The molecular weight excluding hydrogens is 256 g/mol. The van der Waals surface area contributed by atoms with E-state index in [2.05, 4.69) is 0 Å². The zero-order valence-electron chi connectivity index (χ0n) is 13.3. The van der Waals surface area contributed by atoms with E-state index >= 15 is 0 Å². The van der Waals surface area contributed by atoms with E-state index in [9.17, 15) is 14.7 Å². The van der Waals surface area contributed by atoms with Crippen molar-refractivity contribution in [2.45, 2.75) is 48.0 Å². The minimum atomic E-state index is -0.846. The molecule has 0 saturated heterocycles. The smallest absolute Gasteiger partial charge is 0.330 e. The average Bonchev–Trinajstić information content (AvgIpc) is 2.80. The first kappa shape index (κ1) is 16.7. The minimum Gasteiger partial charge on any atom is -0.481 e. The van der Waals surface area contributed by atoms with E-state index in [1.807, 2.05) is 41.5 Å². The molecule has 0 bridgehead atoms. The molecule has 0 aliphatic heterocycles. The number of carboxylic acids is 1. The van der Waals surface area contributed by atoms with Crippen LogP contribution in [-0.2, 0) is 14.3 Å². The zero-order valence-corrected chi connectivity index (χ0v) is 13.3. The van der Waals surface area contributed by atoms with E-state index in [0.717, 1.165) is 6.42 Å². The average molecular weight is 282 g/mol. The van der Waals surface area contributed by atoms with Crippen molar-refractivity contribution in [1.82, 2.24) is 0 Å². The molecule has 1 aliphatic rings. The highest BCUT2D eigenvalue weighted by molar-refractivity contribution is 5.85. The Balaban J connectivity index is 2.95. The number of carbonyl (C=O) groups excluding carboxylic acids is 1. The number of carboxylic acid groups (broad SMARTS) is 1. The number of allylic oxidation sites excluding steroid dienone is 1. The summed E-state index contributed by atoms with van der Waals surface area (Å²) in [4.78, 5) is 23.3. The summed E-state index contributed by atoms with van der Waals surface area (Å²) in [5.74, 6) is -1.36. The molecule has 20 heavy (non-hydrogen) atoms. The molecule has 0 spiro atoms. The van der Waals surface area contributed by atoms with Gasteiger partial charge in [0.05, 0.1) is 12.0 Å². The van der Waals surface area contributed by atoms with E-state index in [1.54, 1.807) is 6.08 Å². The zero-order chi connectivity index (χ0) is 15.8. The lowest BCUT2D eigenvalue weighted by atomic mass is 9.72. The number of esters is 1. The van der Waals surface area contributed by atoms with Gasteiger partial charge in [0.25, 0.3) is 0 Å². The Morgan fingerprint density at radius 1 is 1.30 bits per heavy atom. The van der Waals surface area contributed by atoms with Crippen LogP contribution in [0.1, 0.15) is 48.0 Å². The summed E-state index contributed by atoms with van der Waals surface area (Å²) in [5, 5.41) is 9.70. The fraction of sp³-hybridized carbons (Fsp3) is 0.750. The van der Waals surface area contributed by atoms with Gasteiger partial charge in [0, 0.05) is 12.0 Å². The Kier molecular flexibility index (Phi) is 4.37. The maximum absolute atomic E-state index is 11.8. The fourth-order valence-electron chi connectivity index (χ4n) is 3.78. The lowest BCUT2D eigenvalue weighted by molar-refractivity contribution is -0.150. The van der Waals surface area contributed by atoms with E-state index in [4.69, 9.17) is 4.74 Å². The van der Waals surface area contributed by atoms with Crippen molar-refractivity contribution < 1.29 is 19.4 Å². The third-order valence-corrected chi connectivity index (χ3v) is 4.57. The third-order valence-electron chi connectivity index (χ3n) is 4.57. The highest BCUT2D eigenvalue weighted by Crippen LogP contribution is 2.76. The van der Waals surface area contributed by atoms with Crippen LogP contribution in [0.3, 0.4) is 0 Å². The van der Waals surface area contributed by atoms with Gasteiger partial charge in [-0.3, -0.25) is 4.79 Å². The van der Waals surface area contributed by atoms with Crippen molar-refractivity contribution in [3.8, 4) is 0 Å². The van der Waals surface area contributed by atoms with Crippen LogP contribution in [0.2, 0.25) is 0 Å². The molecule has 0 unspecified atom stereocenters. The Morgan fingerprint density at radius 2 is 1.85 bits per heavy atom. The van der Waals surface area contributed by atoms with Crippen molar-refractivity contribution >= 4 is 11.9 Å². The first-order chi connectivity index (χ1) is 9.03. The number of hydrogen-bond acceptors (Lipinski definition) is 3. The van der Waals surface area contributed by atoms with Gasteiger partial charge in [0.1, 0.15) is 0 Å². The van der Waals surface area contributed by atoms with Gasteiger partial charge in [0.15, 0.2) is 0 Å². The lowest BCUT2D eigenvalue weighted by Gasteiger charge is -2.30. The van der Waals surface area contributed by atoms with Gasteiger partial charge in [-0.1, -0.05) is 47.6 Å². The summed E-state index contributed by atoms with van der Waals surface area (Å²) in [6, 6.07) is 0. The van der Waals surface area contributed by atoms with Crippen molar-refractivity contribution in [3.63, 3.8) is 0 Å². The predicted octanol–water partition coefficient (Wildman–Crippen LogP) is 3.27.